The summed E-state index contributed by atoms with van der Waals surface area (Å²) in [6.45, 7) is 1.12. The summed E-state index contributed by atoms with van der Waals surface area (Å²) in [6, 6.07) is 0.0383. The molecule has 0 aliphatic heterocycles. The van der Waals surface area contributed by atoms with Crippen LogP contribution in [0.3, 0.4) is 0 Å². The molecular formula is C13H20N4O4. The Hall–Kier alpha value is -2.09. The van der Waals surface area contributed by atoms with Crippen molar-refractivity contribution in [1.82, 2.24) is 19.8 Å². The third-order valence-corrected chi connectivity index (χ3v) is 3.62. The zero-order valence-electron chi connectivity index (χ0n) is 11.7. The van der Waals surface area contributed by atoms with Gasteiger partial charge in [0, 0.05) is 31.9 Å². The molecule has 0 unspecified atom stereocenters. The molecule has 0 aromatic carbocycles. The third kappa shape index (κ3) is 3.94. The van der Waals surface area contributed by atoms with E-state index in [1.54, 1.807) is 9.47 Å². The maximum absolute atomic E-state index is 12.1. The maximum Gasteiger partial charge on any atom is 0.356 e. The van der Waals surface area contributed by atoms with E-state index in [0.717, 1.165) is 19.3 Å². The number of amides is 2. The fraction of sp³-hybridized carbons (Fsp3) is 0.615. The Kier molecular flexibility index (Phi) is 5.15. The van der Waals surface area contributed by atoms with E-state index in [4.69, 9.17) is 10.2 Å². The van der Waals surface area contributed by atoms with Gasteiger partial charge in [0.1, 0.15) is 0 Å². The number of carbonyl (C=O) groups excluding carboxylic acids is 1. The van der Waals surface area contributed by atoms with Gasteiger partial charge in [-0.05, 0) is 19.3 Å². The highest BCUT2D eigenvalue weighted by molar-refractivity contribution is 5.84. The lowest BCUT2D eigenvalue weighted by Crippen LogP contribution is -2.50. The molecule has 1 aliphatic carbocycles. The summed E-state index contributed by atoms with van der Waals surface area (Å²) in [5, 5.41) is 20.6. The Bertz CT molecular complexity index is 498. The van der Waals surface area contributed by atoms with Gasteiger partial charge in [0.15, 0.2) is 5.69 Å². The first kappa shape index (κ1) is 15.3. The zero-order valence-corrected chi connectivity index (χ0v) is 11.7. The first-order valence-electron chi connectivity index (χ1n) is 7.02. The summed E-state index contributed by atoms with van der Waals surface area (Å²) in [7, 11) is 0. The average Bonchev–Trinajstić information content (AvgIpc) is 2.85. The number of hydrogen-bond acceptors (Lipinski definition) is 4. The fourth-order valence-corrected chi connectivity index (χ4v) is 2.24. The highest BCUT2D eigenvalue weighted by atomic mass is 16.4. The molecule has 2 rings (SSSR count). The molecule has 8 heteroatoms. The number of nitrogens with zero attached hydrogens (tertiary/aromatic N) is 3. The number of nitrogens with one attached hydrogen (secondary N) is 1. The van der Waals surface area contributed by atoms with E-state index >= 15 is 0 Å². The Balaban J connectivity index is 1.78. The Morgan fingerprint density at radius 3 is 2.76 bits per heavy atom. The number of aromatic nitrogens is 2. The molecule has 3 N–H and O–H groups in total. The zero-order chi connectivity index (χ0) is 15.2. The minimum absolute atomic E-state index is 0.0160. The van der Waals surface area contributed by atoms with Crippen molar-refractivity contribution in [3.8, 4) is 0 Å². The van der Waals surface area contributed by atoms with Crippen LogP contribution in [0.5, 0.6) is 0 Å². The second-order valence-electron chi connectivity index (χ2n) is 5.04. The van der Waals surface area contributed by atoms with E-state index in [0.29, 0.717) is 19.6 Å². The monoisotopic (exact) mass is 296 g/mol. The first-order valence-corrected chi connectivity index (χ1v) is 7.02. The van der Waals surface area contributed by atoms with Crippen molar-refractivity contribution in [2.24, 2.45) is 0 Å². The summed E-state index contributed by atoms with van der Waals surface area (Å²) in [5.74, 6) is -1.07. The van der Waals surface area contributed by atoms with Gasteiger partial charge in [0.05, 0.1) is 12.9 Å². The largest absolute Gasteiger partial charge is 0.476 e. The molecule has 0 saturated heterocycles. The number of urea groups is 1. The van der Waals surface area contributed by atoms with E-state index in [1.165, 1.54) is 12.5 Å². The Labute approximate surface area is 122 Å². The van der Waals surface area contributed by atoms with E-state index in [9.17, 15) is 9.59 Å². The molecule has 1 heterocycles. The Morgan fingerprint density at radius 2 is 2.24 bits per heavy atom. The van der Waals surface area contributed by atoms with Crippen LogP contribution >= 0.6 is 0 Å². The van der Waals surface area contributed by atoms with Gasteiger partial charge in [0.2, 0.25) is 0 Å². The van der Waals surface area contributed by atoms with E-state index in [-0.39, 0.29) is 24.4 Å². The molecule has 8 nitrogen and oxygen atoms in total. The van der Waals surface area contributed by atoms with Gasteiger partial charge in [-0.2, -0.15) is 0 Å². The van der Waals surface area contributed by atoms with Gasteiger partial charge in [0.25, 0.3) is 0 Å². The van der Waals surface area contributed by atoms with Crippen LogP contribution in [0, 0.1) is 0 Å². The smallest absolute Gasteiger partial charge is 0.356 e. The van der Waals surface area contributed by atoms with Gasteiger partial charge in [-0.3, -0.25) is 0 Å². The van der Waals surface area contributed by atoms with Gasteiger partial charge < -0.3 is 25.0 Å². The van der Waals surface area contributed by atoms with E-state index < -0.39 is 5.97 Å². The fourth-order valence-electron chi connectivity index (χ4n) is 2.24. The van der Waals surface area contributed by atoms with Crippen molar-refractivity contribution < 1.29 is 19.8 Å². The van der Waals surface area contributed by atoms with Gasteiger partial charge in [-0.25, -0.2) is 14.6 Å². The summed E-state index contributed by atoms with van der Waals surface area (Å²) < 4.78 is 1.61. The van der Waals surface area contributed by atoms with Crippen LogP contribution in [0.2, 0.25) is 0 Å². The third-order valence-electron chi connectivity index (χ3n) is 3.62. The minimum Gasteiger partial charge on any atom is -0.476 e. The minimum atomic E-state index is -1.07. The van der Waals surface area contributed by atoms with Crippen LogP contribution in [0.4, 0.5) is 4.79 Å². The van der Waals surface area contributed by atoms with E-state index in [1.807, 2.05) is 0 Å². The molecule has 116 valence electrons. The number of rotatable bonds is 7. The van der Waals surface area contributed by atoms with Crippen molar-refractivity contribution in [3.63, 3.8) is 0 Å². The normalized spacial score (nSPS) is 14.5. The summed E-state index contributed by atoms with van der Waals surface area (Å²) in [5.41, 5.74) is -0.0160. The van der Waals surface area contributed by atoms with Crippen LogP contribution in [-0.4, -0.2) is 62.4 Å². The molecule has 1 aromatic rings. The molecule has 2 amide bonds. The Morgan fingerprint density at radius 1 is 1.48 bits per heavy atom. The number of carbonyl (C=O) groups is 2. The lowest BCUT2D eigenvalue weighted by molar-refractivity contribution is 0.0691. The number of aromatic carboxylic acids is 1. The van der Waals surface area contributed by atoms with Gasteiger partial charge in [-0.1, -0.05) is 0 Å². The molecule has 0 spiro atoms. The summed E-state index contributed by atoms with van der Waals surface area (Å²) >= 11 is 0. The number of hydrogen-bond donors (Lipinski definition) is 3. The quantitative estimate of drug-likeness (QED) is 0.663. The SMILES string of the molecule is O=C(O)c1cn(CCNC(=O)N(CCO)C2CCC2)cn1. The topological polar surface area (TPSA) is 108 Å². The van der Waals surface area contributed by atoms with E-state index in [2.05, 4.69) is 10.3 Å². The van der Waals surface area contributed by atoms with Crippen LogP contribution in [-0.2, 0) is 6.54 Å². The van der Waals surface area contributed by atoms with Crippen molar-refractivity contribution in [2.75, 3.05) is 19.7 Å². The van der Waals surface area contributed by atoms with Crippen LogP contribution < -0.4 is 5.32 Å². The molecule has 0 atom stereocenters. The second kappa shape index (κ2) is 7.07. The van der Waals surface area contributed by atoms with Crippen molar-refractivity contribution in [2.45, 2.75) is 31.8 Å². The van der Waals surface area contributed by atoms with Crippen molar-refractivity contribution in [1.29, 1.82) is 0 Å². The first-order chi connectivity index (χ1) is 10.1. The molecule has 0 bridgehead atoms. The van der Waals surface area contributed by atoms with Gasteiger partial charge >= 0.3 is 12.0 Å². The van der Waals surface area contributed by atoms with Crippen LogP contribution in [0.1, 0.15) is 29.8 Å². The number of carboxylic acids is 1. The number of aliphatic hydroxyl groups is 1. The standard InChI is InChI=1S/C13H20N4O4/c18-7-6-17(10-2-1-3-10)13(21)14-4-5-16-8-11(12(19)20)15-9-16/h8-10,18H,1-7H2,(H,14,21)(H,19,20). The number of aliphatic hydroxyl groups excluding tert-OH is 1. The average molecular weight is 296 g/mol. The van der Waals surface area contributed by atoms with Crippen LogP contribution in [0.25, 0.3) is 0 Å². The number of imidazole rings is 1. The molecule has 1 aromatic heterocycles. The highest BCUT2D eigenvalue weighted by Gasteiger charge is 2.27. The molecule has 1 fully saturated rings. The second-order valence-corrected chi connectivity index (χ2v) is 5.04. The molecule has 1 saturated carbocycles. The van der Waals surface area contributed by atoms with Gasteiger partial charge in [-0.15, -0.1) is 0 Å². The number of carboxylic acid groups (broad SMARTS) is 1. The van der Waals surface area contributed by atoms with Crippen molar-refractivity contribution >= 4 is 12.0 Å². The lowest BCUT2D eigenvalue weighted by Gasteiger charge is -2.37. The highest BCUT2D eigenvalue weighted by Crippen LogP contribution is 2.24. The van der Waals surface area contributed by atoms with Crippen LogP contribution in [0.15, 0.2) is 12.5 Å². The predicted molar refractivity (Wildman–Crippen MR) is 74.0 cm³/mol. The molecule has 1 aliphatic rings. The van der Waals surface area contributed by atoms with Crippen molar-refractivity contribution in [3.05, 3.63) is 18.2 Å². The predicted octanol–water partition coefficient (Wildman–Crippen LogP) is 0.138. The molecule has 21 heavy (non-hydrogen) atoms. The lowest BCUT2D eigenvalue weighted by atomic mass is 9.92. The maximum atomic E-state index is 12.1. The molecule has 0 radical (unpaired) electrons. The molecular weight excluding hydrogens is 276 g/mol. The summed E-state index contributed by atoms with van der Waals surface area (Å²) in [4.78, 5) is 28.2. The summed E-state index contributed by atoms with van der Waals surface area (Å²) in [6.07, 6.45) is 5.93.